The molecule has 0 saturated carbocycles. The molecule has 1 aromatic heterocycles. The number of benzene rings is 1. The Kier molecular flexibility index (Phi) is 8.94. The standard InChI is InChI=1S/C22H32N6O2.HI/c1-2-23-22(24-10-6-11-28-17-25-18-7-3-4-8-19(18)28)27-14-12-26(13-15-27)21(29)20-9-5-16-30-20;/h3-4,7-8,17,20H,2,5-6,9-16H2,1H3,(H,23,24);1H. The van der Waals surface area contributed by atoms with Crippen LogP contribution in [0.4, 0.5) is 0 Å². The number of carbonyl (C=O) groups is 1. The summed E-state index contributed by atoms with van der Waals surface area (Å²) in [6, 6.07) is 8.20. The number of aromatic nitrogens is 2. The Morgan fingerprint density at radius 1 is 1.23 bits per heavy atom. The zero-order valence-electron chi connectivity index (χ0n) is 18.2. The van der Waals surface area contributed by atoms with Crippen molar-refractivity contribution in [1.82, 2.24) is 24.7 Å². The molecule has 9 heteroatoms. The van der Waals surface area contributed by atoms with E-state index in [1.807, 2.05) is 29.4 Å². The maximum atomic E-state index is 12.5. The van der Waals surface area contributed by atoms with Crippen LogP contribution in [0.3, 0.4) is 0 Å². The minimum Gasteiger partial charge on any atom is -0.368 e. The molecule has 4 rings (SSSR count). The lowest BCUT2D eigenvalue weighted by Gasteiger charge is -2.37. The van der Waals surface area contributed by atoms with Gasteiger partial charge in [0.25, 0.3) is 5.91 Å². The zero-order chi connectivity index (χ0) is 20.8. The van der Waals surface area contributed by atoms with Crippen molar-refractivity contribution < 1.29 is 9.53 Å². The van der Waals surface area contributed by atoms with Gasteiger partial charge in [0.1, 0.15) is 6.10 Å². The topological polar surface area (TPSA) is 75.0 Å². The Balaban J connectivity index is 0.00000272. The number of carbonyl (C=O) groups excluding carboxylic acids is 1. The quantitative estimate of drug-likeness (QED) is 0.264. The molecule has 1 N–H and O–H groups in total. The van der Waals surface area contributed by atoms with Crippen LogP contribution in [-0.2, 0) is 16.1 Å². The molecular formula is C22H33IN6O2. The average Bonchev–Trinajstić information content (AvgIpc) is 3.46. The van der Waals surface area contributed by atoms with Crippen molar-refractivity contribution in [3.63, 3.8) is 0 Å². The molecule has 2 aromatic rings. The van der Waals surface area contributed by atoms with Gasteiger partial charge in [0, 0.05) is 52.4 Å². The Bertz CT molecular complexity index is 872. The minimum atomic E-state index is -0.224. The van der Waals surface area contributed by atoms with Gasteiger partial charge in [-0.05, 0) is 38.3 Å². The first-order valence-electron chi connectivity index (χ1n) is 11.1. The monoisotopic (exact) mass is 540 g/mol. The number of rotatable bonds is 6. The van der Waals surface area contributed by atoms with Crippen LogP contribution in [-0.4, -0.2) is 83.2 Å². The van der Waals surface area contributed by atoms with Gasteiger partial charge in [0.15, 0.2) is 5.96 Å². The Morgan fingerprint density at radius 3 is 2.74 bits per heavy atom. The molecule has 2 saturated heterocycles. The van der Waals surface area contributed by atoms with Gasteiger partial charge in [-0.1, -0.05) is 12.1 Å². The highest BCUT2D eigenvalue weighted by Crippen LogP contribution is 2.16. The number of nitrogens with one attached hydrogen (secondary N) is 1. The number of nitrogens with zero attached hydrogens (tertiary/aromatic N) is 5. The van der Waals surface area contributed by atoms with E-state index in [1.54, 1.807) is 0 Å². The summed E-state index contributed by atoms with van der Waals surface area (Å²) in [5.74, 6) is 1.10. The second-order valence-electron chi connectivity index (χ2n) is 7.83. The number of fused-ring (bicyclic) bond motifs is 1. The second-order valence-corrected chi connectivity index (χ2v) is 7.83. The number of para-hydroxylation sites is 2. The van der Waals surface area contributed by atoms with Crippen molar-refractivity contribution in [3.8, 4) is 0 Å². The number of halogens is 1. The third kappa shape index (κ3) is 5.88. The van der Waals surface area contributed by atoms with Crippen LogP contribution in [0.2, 0.25) is 0 Å². The number of ether oxygens (including phenoxy) is 1. The van der Waals surface area contributed by atoms with Gasteiger partial charge in [0.2, 0.25) is 0 Å². The molecule has 0 aliphatic carbocycles. The molecule has 170 valence electrons. The number of hydrogen-bond donors (Lipinski definition) is 1. The van der Waals surface area contributed by atoms with Crippen molar-refractivity contribution in [3.05, 3.63) is 30.6 Å². The highest BCUT2D eigenvalue weighted by Gasteiger charge is 2.30. The second kappa shape index (κ2) is 11.7. The number of aliphatic imine (C=N–C) groups is 1. The van der Waals surface area contributed by atoms with E-state index in [4.69, 9.17) is 9.73 Å². The van der Waals surface area contributed by atoms with Gasteiger partial charge < -0.3 is 24.4 Å². The third-order valence-corrected chi connectivity index (χ3v) is 5.78. The predicted octanol–water partition coefficient (Wildman–Crippen LogP) is 2.33. The maximum absolute atomic E-state index is 12.5. The van der Waals surface area contributed by atoms with Crippen LogP contribution in [0.1, 0.15) is 26.2 Å². The van der Waals surface area contributed by atoms with Gasteiger partial charge in [-0.3, -0.25) is 9.79 Å². The molecule has 0 spiro atoms. The largest absolute Gasteiger partial charge is 0.368 e. The van der Waals surface area contributed by atoms with Gasteiger partial charge in [-0.2, -0.15) is 0 Å². The summed E-state index contributed by atoms with van der Waals surface area (Å²) in [4.78, 5) is 26.0. The van der Waals surface area contributed by atoms with Crippen LogP contribution in [0.25, 0.3) is 11.0 Å². The predicted molar refractivity (Wildman–Crippen MR) is 133 cm³/mol. The first-order chi connectivity index (χ1) is 14.8. The highest BCUT2D eigenvalue weighted by molar-refractivity contribution is 14.0. The number of imidazole rings is 1. The molecule has 1 aromatic carbocycles. The fourth-order valence-corrected chi connectivity index (χ4v) is 4.16. The summed E-state index contributed by atoms with van der Waals surface area (Å²) in [5.41, 5.74) is 2.20. The van der Waals surface area contributed by atoms with Crippen molar-refractivity contribution in [2.75, 3.05) is 45.9 Å². The van der Waals surface area contributed by atoms with Crippen molar-refractivity contribution in [2.45, 2.75) is 38.8 Å². The molecule has 1 unspecified atom stereocenters. The molecule has 31 heavy (non-hydrogen) atoms. The van der Waals surface area contributed by atoms with Crippen LogP contribution in [0, 0.1) is 0 Å². The van der Waals surface area contributed by atoms with Crippen LogP contribution in [0.15, 0.2) is 35.6 Å². The SMILES string of the molecule is CCNC(=NCCCn1cnc2ccccc21)N1CCN(C(=O)C2CCCO2)CC1.I. The van der Waals surface area contributed by atoms with E-state index in [1.165, 1.54) is 5.52 Å². The molecule has 3 heterocycles. The lowest BCUT2D eigenvalue weighted by atomic mass is 10.2. The fourth-order valence-electron chi connectivity index (χ4n) is 4.16. The first-order valence-corrected chi connectivity index (χ1v) is 11.1. The number of hydrogen-bond acceptors (Lipinski definition) is 4. The molecule has 2 aliphatic rings. The highest BCUT2D eigenvalue weighted by atomic mass is 127. The van der Waals surface area contributed by atoms with E-state index in [-0.39, 0.29) is 36.0 Å². The average molecular weight is 540 g/mol. The van der Waals surface area contributed by atoms with Crippen LogP contribution >= 0.6 is 24.0 Å². The Hall–Kier alpha value is -1.88. The zero-order valence-corrected chi connectivity index (χ0v) is 20.5. The summed E-state index contributed by atoms with van der Waals surface area (Å²) in [6.45, 7) is 8.34. The van der Waals surface area contributed by atoms with Crippen molar-refractivity contribution in [1.29, 1.82) is 0 Å². The van der Waals surface area contributed by atoms with E-state index in [0.29, 0.717) is 6.61 Å². The van der Waals surface area contributed by atoms with Gasteiger partial charge >= 0.3 is 0 Å². The Labute approximate surface area is 201 Å². The van der Waals surface area contributed by atoms with Gasteiger partial charge in [0.05, 0.1) is 17.4 Å². The summed E-state index contributed by atoms with van der Waals surface area (Å²) in [6.07, 6.45) is 4.48. The van der Waals surface area contributed by atoms with E-state index in [9.17, 15) is 4.79 Å². The smallest absolute Gasteiger partial charge is 0.251 e. The van der Waals surface area contributed by atoms with E-state index >= 15 is 0 Å². The van der Waals surface area contributed by atoms with Crippen molar-refractivity contribution >= 4 is 46.9 Å². The summed E-state index contributed by atoms with van der Waals surface area (Å²) >= 11 is 0. The third-order valence-electron chi connectivity index (χ3n) is 5.78. The number of aryl methyl sites for hydroxylation is 1. The molecule has 2 aliphatic heterocycles. The first kappa shape index (κ1) is 23.8. The number of amides is 1. The number of guanidine groups is 1. The van der Waals surface area contributed by atoms with Crippen LogP contribution < -0.4 is 5.32 Å². The maximum Gasteiger partial charge on any atom is 0.251 e. The normalized spacial score (nSPS) is 19.5. The molecule has 1 amide bonds. The van der Waals surface area contributed by atoms with Gasteiger partial charge in [-0.15, -0.1) is 24.0 Å². The molecular weight excluding hydrogens is 507 g/mol. The Morgan fingerprint density at radius 2 is 2.00 bits per heavy atom. The fraction of sp³-hybridized carbons (Fsp3) is 0.591. The summed E-state index contributed by atoms with van der Waals surface area (Å²) in [7, 11) is 0. The number of piperazine rings is 1. The summed E-state index contributed by atoms with van der Waals surface area (Å²) in [5, 5.41) is 3.40. The molecule has 8 nitrogen and oxygen atoms in total. The lowest BCUT2D eigenvalue weighted by Crippen LogP contribution is -2.55. The van der Waals surface area contributed by atoms with E-state index < -0.39 is 0 Å². The minimum absolute atomic E-state index is 0. The van der Waals surface area contributed by atoms with E-state index in [0.717, 1.165) is 76.6 Å². The molecule has 2 fully saturated rings. The van der Waals surface area contributed by atoms with Crippen LogP contribution in [0.5, 0.6) is 0 Å². The lowest BCUT2D eigenvalue weighted by molar-refractivity contribution is -0.142. The van der Waals surface area contributed by atoms with Gasteiger partial charge in [-0.25, -0.2) is 4.98 Å². The molecule has 0 bridgehead atoms. The summed E-state index contributed by atoms with van der Waals surface area (Å²) < 4.78 is 7.74. The van der Waals surface area contributed by atoms with E-state index in [2.05, 4.69) is 32.8 Å². The molecule has 1 atom stereocenters. The van der Waals surface area contributed by atoms with Crippen molar-refractivity contribution in [2.24, 2.45) is 4.99 Å². The molecule has 0 radical (unpaired) electrons.